The second-order valence-corrected chi connectivity index (χ2v) is 5.21. The molecule has 6 nitrogen and oxygen atoms in total. The number of nitrogens with zero attached hydrogens (tertiary/aromatic N) is 4. The zero-order valence-electron chi connectivity index (χ0n) is 13.6. The average Bonchev–Trinajstić information content (AvgIpc) is 3.01. The first-order chi connectivity index (χ1) is 11.7. The predicted octanol–water partition coefficient (Wildman–Crippen LogP) is 3.39. The van der Waals surface area contributed by atoms with Gasteiger partial charge in [0, 0.05) is 36.3 Å². The van der Waals surface area contributed by atoms with Crippen molar-refractivity contribution in [1.29, 1.82) is 0 Å². The van der Waals surface area contributed by atoms with Crippen molar-refractivity contribution in [3.8, 4) is 0 Å². The summed E-state index contributed by atoms with van der Waals surface area (Å²) in [6.45, 7) is 5.90. The van der Waals surface area contributed by atoms with Gasteiger partial charge in [-0.25, -0.2) is 14.4 Å². The fraction of sp³-hybridized carbons (Fsp3) is 0.235. The molecule has 124 valence electrons. The molecule has 0 radical (unpaired) electrons. The van der Waals surface area contributed by atoms with E-state index in [0.29, 0.717) is 11.3 Å². The van der Waals surface area contributed by atoms with Crippen LogP contribution in [-0.4, -0.2) is 34.3 Å². The van der Waals surface area contributed by atoms with Gasteiger partial charge in [-0.2, -0.15) is 5.10 Å². The molecule has 0 spiro atoms. The van der Waals surface area contributed by atoms with Gasteiger partial charge in [-0.3, -0.25) is 5.43 Å². The summed E-state index contributed by atoms with van der Waals surface area (Å²) in [5.74, 6) is 1.18. The molecular weight excluding hydrogens is 307 g/mol. The first-order valence-corrected chi connectivity index (χ1v) is 7.84. The highest BCUT2D eigenvalue weighted by Crippen LogP contribution is 2.19. The van der Waals surface area contributed by atoms with E-state index in [0.717, 1.165) is 29.9 Å². The number of hydrogen-bond acceptors (Lipinski definition) is 5. The Hall–Kier alpha value is -2.96. The molecule has 3 aromatic rings. The molecule has 0 fully saturated rings. The molecule has 0 aliphatic rings. The summed E-state index contributed by atoms with van der Waals surface area (Å²) in [6.07, 6.45) is 4.87. The Bertz CT molecular complexity index is 853. The van der Waals surface area contributed by atoms with Crippen molar-refractivity contribution >= 4 is 28.8 Å². The van der Waals surface area contributed by atoms with Gasteiger partial charge in [0.1, 0.15) is 18.0 Å². The number of rotatable bonds is 6. The highest BCUT2D eigenvalue weighted by molar-refractivity contribution is 5.99. The molecule has 2 N–H and O–H groups in total. The van der Waals surface area contributed by atoms with Crippen molar-refractivity contribution in [2.75, 3.05) is 23.4 Å². The largest absolute Gasteiger partial charge is 0.358 e. The van der Waals surface area contributed by atoms with Crippen LogP contribution < -0.4 is 10.3 Å². The molecule has 0 saturated heterocycles. The average molecular weight is 326 g/mol. The molecule has 1 aromatic carbocycles. The van der Waals surface area contributed by atoms with E-state index < -0.39 is 0 Å². The van der Waals surface area contributed by atoms with Crippen LogP contribution in [0.25, 0.3) is 10.9 Å². The smallest absolute Gasteiger partial charge is 0.151 e. The number of aromatic nitrogens is 3. The number of anilines is 2. The fourth-order valence-electron chi connectivity index (χ4n) is 2.54. The van der Waals surface area contributed by atoms with Crippen LogP contribution in [0.2, 0.25) is 0 Å². The fourth-order valence-corrected chi connectivity index (χ4v) is 2.54. The number of fused-ring (bicyclic) bond motifs is 1. The second-order valence-electron chi connectivity index (χ2n) is 5.21. The van der Waals surface area contributed by atoms with Crippen LogP contribution in [0.4, 0.5) is 16.0 Å². The van der Waals surface area contributed by atoms with E-state index in [9.17, 15) is 4.39 Å². The summed E-state index contributed by atoms with van der Waals surface area (Å²) in [4.78, 5) is 13.5. The molecule has 3 rings (SSSR count). The third-order valence-corrected chi connectivity index (χ3v) is 3.82. The summed E-state index contributed by atoms with van der Waals surface area (Å²) in [5.41, 5.74) is 4.17. The predicted molar refractivity (Wildman–Crippen MR) is 95.1 cm³/mol. The number of para-hydroxylation sites is 1. The van der Waals surface area contributed by atoms with Crippen molar-refractivity contribution in [3.05, 3.63) is 48.2 Å². The Labute approximate surface area is 139 Å². The number of hydrazone groups is 1. The van der Waals surface area contributed by atoms with Crippen molar-refractivity contribution in [2.45, 2.75) is 13.8 Å². The zero-order chi connectivity index (χ0) is 16.9. The molecule has 0 aliphatic carbocycles. The van der Waals surface area contributed by atoms with Crippen molar-refractivity contribution in [1.82, 2.24) is 15.0 Å². The van der Waals surface area contributed by atoms with Crippen molar-refractivity contribution in [3.63, 3.8) is 0 Å². The third kappa shape index (κ3) is 3.19. The van der Waals surface area contributed by atoms with E-state index in [4.69, 9.17) is 0 Å². The van der Waals surface area contributed by atoms with Gasteiger partial charge < -0.3 is 9.88 Å². The number of benzene rings is 1. The van der Waals surface area contributed by atoms with E-state index in [-0.39, 0.29) is 5.82 Å². The topological polar surface area (TPSA) is 69.2 Å². The van der Waals surface area contributed by atoms with E-state index >= 15 is 0 Å². The van der Waals surface area contributed by atoms with Gasteiger partial charge in [0.15, 0.2) is 5.82 Å². The van der Waals surface area contributed by atoms with Crippen LogP contribution >= 0.6 is 0 Å². The van der Waals surface area contributed by atoms with E-state index in [1.807, 2.05) is 12.1 Å². The lowest BCUT2D eigenvalue weighted by Crippen LogP contribution is -2.23. The van der Waals surface area contributed by atoms with Gasteiger partial charge >= 0.3 is 0 Å². The first kappa shape index (κ1) is 15.9. The Balaban J connectivity index is 1.76. The van der Waals surface area contributed by atoms with Crippen LogP contribution in [0.1, 0.15) is 19.4 Å². The summed E-state index contributed by atoms with van der Waals surface area (Å²) >= 11 is 0. The van der Waals surface area contributed by atoms with Gasteiger partial charge in [-0.05, 0) is 19.9 Å². The molecule has 0 aliphatic heterocycles. The highest BCUT2D eigenvalue weighted by Gasteiger charge is 2.06. The minimum Gasteiger partial charge on any atom is -0.358 e. The maximum Gasteiger partial charge on any atom is 0.151 e. The van der Waals surface area contributed by atoms with Gasteiger partial charge in [-0.1, -0.05) is 12.1 Å². The maximum atomic E-state index is 13.7. The lowest BCUT2D eigenvalue weighted by molar-refractivity contribution is 0.637. The summed E-state index contributed by atoms with van der Waals surface area (Å²) in [5, 5.41) is 4.97. The molecule has 0 amide bonds. The highest BCUT2D eigenvalue weighted by atomic mass is 19.1. The van der Waals surface area contributed by atoms with Crippen LogP contribution in [0, 0.1) is 5.82 Å². The lowest BCUT2D eigenvalue weighted by atomic mass is 10.2. The number of halogens is 1. The molecule has 0 atom stereocenters. The summed E-state index contributed by atoms with van der Waals surface area (Å²) in [7, 11) is 0. The number of hydrogen-bond donors (Lipinski definition) is 2. The van der Waals surface area contributed by atoms with Crippen molar-refractivity contribution in [2.24, 2.45) is 5.10 Å². The summed E-state index contributed by atoms with van der Waals surface area (Å²) in [6, 6.07) is 6.79. The van der Waals surface area contributed by atoms with E-state index in [1.165, 1.54) is 12.4 Å². The van der Waals surface area contributed by atoms with Gasteiger partial charge in [-0.15, -0.1) is 0 Å². The Kier molecular flexibility index (Phi) is 4.69. The van der Waals surface area contributed by atoms with Gasteiger partial charge in [0.2, 0.25) is 0 Å². The lowest BCUT2D eigenvalue weighted by Gasteiger charge is -2.19. The second kappa shape index (κ2) is 7.08. The Morgan fingerprint density at radius 3 is 2.92 bits per heavy atom. The van der Waals surface area contributed by atoms with Crippen LogP contribution in [-0.2, 0) is 0 Å². The third-order valence-electron chi connectivity index (χ3n) is 3.82. The molecule has 0 unspecified atom stereocenters. The number of H-pyrrole nitrogens is 1. The van der Waals surface area contributed by atoms with E-state index in [2.05, 4.69) is 44.2 Å². The van der Waals surface area contributed by atoms with E-state index in [1.54, 1.807) is 18.5 Å². The van der Waals surface area contributed by atoms with Crippen LogP contribution in [0.15, 0.2) is 41.9 Å². The quantitative estimate of drug-likeness (QED) is 0.538. The molecule has 2 aromatic heterocycles. The Morgan fingerprint density at radius 2 is 2.12 bits per heavy atom. The normalized spacial score (nSPS) is 11.3. The summed E-state index contributed by atoms with van der Waals surface area (Å²) < 4.78 is 13.7. The maximum absolute atomic E-state index is 13.7. The van der Waals surface area contributed by atoms with Crippen molar-refractivity contribution < 1.29 is 4.39 Å². The van der Waals surface area contributed by atoms with Crippen LogP contribution in [0.3, 0.4) is 0 Å². The molecule has 0 bridgehead atoms. The number of aromatic amines is 1. The monoisotopic (exact) mass is 326 g/mol. The van der Waals surface area contributed by atoms with Crippen LogP contribution in [0.5, 0.6) is 0 Å². The number of nitrogens with one attached hydrogen (secondary N) is 2. The molecular formula is C17H19FN6. The minimum atomic E-state index is -0.278. The van der Waals surface area contributed by atoms with Gasteiger partial charge in [0.25, 0.3) is 0 Å². The zero-order valence-corrected chi connectivity index (χ0v) is 13.6. The molecule has 0 saturated carbocycles. The first-order valence-electron chi connectivity index (χ1n) is 7.84. The van der Waals surface area contributed by atoms with Gasteiger partial charge in [0.05, 0.1) is 11.7 Å². The standard InChI is InChI=1S/C17H19FN6/c1-3-24(4-2)16-8-15(20-11-21-16)23-22-10-12-9-19-17-13(12)6-5-7-14(17)18/h5-11,19H,3-4H2,1-2H3,(H,20,21,23)/b22-10+. The molecule has 2 heterocycles. The Morgan fingerprint density at radius 1 is 1.29 bits per heavy atom. The molecule has 7 heteroatoms. The SMILES string of the molecule is CCN(CC)c1cc(N/N=C/c2c[nH]c3c(F)cccc23)ncn1. The molecule has 24 heavy (non-hydrogen) atoms. The minimum absolute atomic E-state index is 0.278.